The van der Waals surface area contributed by atoms with E-state index in [4.69, 9.17) is 26.0 Å². The van der Waals surface area contributed by atoms with Gasteiger partial charge < -0.3 is 25.0 Å². The van der Waals surface area contributed by atoms with E-state index in [0.29, 0.717) is 18.0 Å². The van der Waals surface area contributed by atoms with E-state index >= 15 is 0 Å². The van der Waals surface area contributed by atoms with Crippen LogP contribution in [0.15, 0.2) is 65.2 Å². The Morgan fingerprint density at radius 1 is 1.21 bits per heavy atom. The molecular formula is C29H28ClN3O5. The predicted molar refractivity (Wildman–Crippen MR) is 147 cm³/mol. The van der Waals surface area contributed by atoms with Gasteiger partial charge in [-0.2, -0.15) is 0 Å². The summed E-state index contributed by atoms with van der Waals surface area (Å²) in [7, 11) is 1.85. The van der Waals surface area contributed by atoms with Crippen molar-refractivity contribution < 1.29 is 24.0 Å². The van der Waals surface area contributed by atoms with E-state index in [1.54, 1.807) is 13.0 Å². The largest absolute Gasteiger partial charge is 0.481 e. The smallest absolute Gasteiger partial charge is 0.307 e. The van der Waals surface area contributed by atoms with Crippen LogP contribution in [0.25, 0.3) is 22.4 Å². The molecule has 0 radical (unpaired) electrons. The number of aryl methyl sites for hydroxylation is 1. The van der Waals surface area contributed by atoms with E-state index in [9.17, 15) is 9.59 Å². The number of carboxylic acids is 1. The van der Waals surface area contributed by atoms with Gasteiger partial charge in [0, 0.05) is 41.0 Å². The van der Waals surface area contributed by atoms with Gasteiger partial charge in [0.1, 0.15) is 17.5 Å². The number of carboxylic acid groups (broad SMARTS) is 1. The second kappa shape index (κ2) is 11.8. The number of hydrogen-bond donors (Lipinski definition) is 3. The number of aliphatic carboxylic acids is 1. The second-order valence-electron chi connectivity index (χ2n) is 8.78. The van der Waals surface area contributed by atoms with Crippen molar-refractivity contribution in [1.29, 1.82) is 0 Å². The Labute approximate surface area is 225 Å². The van der Waals surface area contributed by atoms with E-state index in [2.05, 4.69) is 27.9 Å². The van der Waals surface area contributed by atoms with Gasteiger partial charge in [-0.1, -0.05) is 65.3 Å². The summed E-state index contributed by atoms with van der Waals surface area (Å²) in [4.78, 5) is 21.0. The highest BCUT2D eigenvalue weighted by Crippen LogP contribution is 2.40. The minimum absolute atomic E-state index is 0.0391. The minimum atomic E-state index is -0.818. The molecule has 0 spiro atoms. The maximum absolute atomic E-state index is 10.9. The molecule has 1 atom stereocenters. The van der Waals surface area contributed by atoms with Crippen LogP contribution in [-0.2, 0) is 27.3 Å². The first-order valence-electron chi connectivity index (χ1n) is 12.0. The van der Waals surface area contributed by atoms with Crippen LogP contribution < -0.4 is 10.6 Å². The molecule has 2 heterocycles. The third kappa shape index (κ3) is 5.81. The number of hydrogen-bond acceptors (Lipinski definition) is 7. The van der Waals surface area contributed by atoms with Crippen molar-refractivity contribution in [2.45, 2.75) is 32.9 Å². The van der Waals surface area contributed by atoms with Gasteiger partial charge >= 0.3 is 5.97 Å². The second-order valence-corrected chi connectivity index (χ2v) is 9.19. The van der Waals surface area contributed by atoms with Gasteiger partial charge in [0.25, 0.3) is 6.47 Å². The van der Waals surface area contributed by atoms with Gasteiger partial charge in [0.05, 0.1) is 6.42 Å². The number of anilines is 2. The van der Waals surface area contributed by atoms with E-state index in [1.165, 1.54) is 0 Å². The Morgan fingerprint density at radius 2 is 1.97 bits per heavy atom. The molecule has 5 rings (SSSR count). The average Bonchev–Trinajstić information content (AvgIpc) is 3.28. The van der Waals surface area contributed by atoms with E-state index < -0.39 is 5.97 Å². The van der Waals surface area contributed by atoms with Crippen molar-refractivity contribution in [1.82, 2.24) is 5.16 Å². The van der Waals surface area contributed by atoms with E-state index in [0.717, 1.165) is 56.2 Å². The molecule has 3 N–H and O–H groups in total. The highest BCUT2D eigenvalue weighted by molar-refractivity contribution is 6.31. The number of nitrogens with one attached hydrogen (secondary N) is 2. The third-order valence-electron chi connectivity index (χ3n) is 6.29. The highest BCUT2D eigenvalue weighted by atomic mass is 35.5. The number of fused-ring (bicyclic) bond motifs is 3. The number of nitrogens with zero attached hydrogens (tertiary/aromatic N) is 1. The van der Waals surface area contributed by atoms with Gasteiger partial charge in [-0.25, -0.2) is 0 Å². The monoisotopic (exact) mass is 533 g/mol. The first kappa shape index (κ1) is 26.8. The standard InChI is InChI=1S/C20H19N3O3.C9H9ClO2/c1-11-19(21-2)20(23-26-11)13-4-6-16-15-5-3-12(8-18(24)25)7-14(15)10-22-17(16)9-13;1-7(12-6-11)8-4-2-3-5-9(8)10/h3-7,9,21-22H,8,10H2,1-2H3,(H,24,25);2-7H,1H3. The normalized spacial score (nSPS) is 12.1. The maximum atomic E-state index is 10.9. The van der Waals surface area contributed by atoms with Crippen LogP contribution >= 0.6 is 11.6 Å². The Kier molecular flexibility index (Phi) is 8.33. The third-order valence-corrected chi connectivity index (χ3v) is 6.64. The van der Waals surface area contributed by atoms with Crippen LogP contribution in [0.1, 0.15) is 35.5 Å². The minimum Gasteiger partial charge on any atom is -0.481 e. The fourth-order valence-electron chi connectivity index (χ4n) is 4.43. The van der Waals surface area contributed by atoms with Crippen LogP contribution in [0.4, 0.5) is 11.4 Å². The average molecular weight is 534 g/mol. The molecule has 3 aromatic carbocycles. The topological polar surface area (TPSA) is 114 Å². The van der Waals surface area contributed by atoms with Crippen LogP contribution in [0.3, 0.4) is 0 Å². The Morgan fingerprint density at radius 3 is 2.68 bits per heavy atom. The predicted octanol–water partition coefficient (Wildman–Crippen LogP) is 6.49. The first-order valence-corrected chi connectivity index (χ1v) is 12.4. The van der Waals surface area contributed by atoms with Gasteiger partial charge in [-0.05, 0) is 42.7 Å². The molecule has 38 heavy (non-hydrogen) atoms. The molecule has 4 aromatic rings. The molecule has 0 bridgehead atoms. The van der Waals surface area contributed by atoms with Crippen LogP contribution in [0.5, 0.6) is 0 Å². The molecule has 8 nitrogen and oxygen atoms in total. The molecule has 0 fully saturated rings. The Hall–Kier alpha value is -4.30. The number of benzene rings is 3. The summed E-state index contributed by atoms with van der Waals surface area (Å²) in [5.41, 5.74) is 8.66. The van der Waals surface area contributed by atoms with Crippen molar-refractivity contribution in [3.63, 3.8) is 0 Å². The molecule has 0 aliphatic carbocycles. The summed E-state index contributed by atoms with van der Waals surface area (Å²) in [5, 5.41) is 20.3. The van der Waals surface area contributed by atoms with Gasteiger partial charge in [0.15, 0.2) is 5.76 Å². The lowest BCUT2D eigenvalue weighted by atomic mass is 9.91. The molecule has 1 unspecified atom stereocenters. The van der Waals surface area contributed by atoms with Crippen molar-refractivity contribution in [2.24, 2.45) is 0 Å². The molecule has 9 heteroatoms. The van der Waals surface area contributed by atoms with Gasteiger partial charge in [0.2, 0.25) is 0 Å². The number of halogens is 1. The summed E-state index contributed by atoms with van der Waals surface area (Å²) in [6.07, 6.45) is -0.242. The lowest BCUT2D eigenvalue weighted by Crippen LogP contribution is -2.10. The lowest BCUT2D eigenvalue weighted by Gasteiger charge is -2.23. The SMILES string of the molecule is CC(OC=O)c1ccccc1Cl.CNc1c(-c2ccc3c(c2)NCc2cc(CC(=O)O)ccc2-3)noc1C. The fraction of sp³-hybridized carbons (Fsp3) is 0.207. The lowest BCUT2D eigenvalue weighted by molar-refractivity contribution is -0.136. The van der Waals surface area contributed by atoms with Crippen LogP contribution in [0.2, 0.25) is 5.02 Å². The molecular weight excluding hydrogens is 506 g/mol. The molecule has 0 saturated carbocycles. The molecule has 1 aromatic heterocycles. The van der Waals surface area contributed by atoms with Crippen molar-refractivity contribution >= 4 is 35.4 Å². The molecule has 1 aliphatic rings. The summed E-state index contributed by atoms with van der Waals surface area (Å²) in [5.74, 6) is -0.0634. The quantitative estimate of drug-likeness (QED) is 0.231. The number of aromatic nitrogens is 1. The summed E-state index contributed by atoms with van der Waals surface area (Å²) in [6, 6.07) is 19.3. The zero-order valence-corrected chi connectivity index (χ0v) is 22.0. The van der Waals surface area contributed by atoms with Gasteiger partial charge in [-0.3, -0.25) is 9.59 Å². The van der Waals surface area contributed by atoms with Crippen LogP contribution in [0, 0.1) is 6.92 Å². The van der Waals surface area contributed by atoms with E-state index in [-0.39, 0.29) is 12.5 Å². The Balaban J connectivity index is 0.000000236. The molecule has 196 valence electrons. The summed E-state index contributed by atoms with van der Waals surface area (Å²) in [6.45, 7) is 4.74. The van der Waals surface area contributed by atoms with Crippen molar-refractivity contribution in [3.8, 4) is 22.4 Å². The number of carbonyl (C=O) groups is 2. The molecule has 0 amide bonds. The number of rotatable bonds is 7. The number of carbonyl (C=O) groups excluding carboxylic acids is 1. The fourth-order valence-corrected chi connectivity index (χ4v) is 4.72. The van der Waals surface area contributed by atoms with E-state index in [1.807, 2.05) is 56.4 Å². The van der Waals surface area contributed by atoms with Crippen molar-refractivity contribution in [2.75, 3.05) is 17.7 Å². The van der Waals surface area contributed by atoms with Gasteiger partial charge in [-0.15, -0.1) is 0 Å². The first-order chi connectivity index (χ1) is 18.3. The molecule has 1 aliphatic heterocycles. The van der Waals surface area contributed by atoms with Crippen molar-refractivity contribution in [3.05, 3.63) is 88.1 Å². The zero-order valence-electron chi connectivity index (χ0n) is 21.2. The summed E-state index contributed by atoms with van der Waals surface area (Å²) < 4.78 is 10.0. The Bertz CT molecular complexity index is 1470. The van der Waals surface area contributed by atoms with Crippen LogP contribution in [-0.4, -0.2) is 29.8 Å². The highest BCUT2D eigenvalue weighted by Gasteiger charge is 2.20. The number of ether oxygens (including phenoxy) is 1. The summed E-state index contributed by atoms with van der Waals surface area (Å²) >= 11 is 5.86. The molecule has 0 saturated heterocycles. The maximum Gasteiger partial charge on any atom is 0.307 e. The zero-order chi connectivity index (χ0) is 27.2.